The fourth-order valence-electron chi connectivity index (χ4n) is 2.65. The highest BCUT2D eigenvalue weighted by Crippen LogP contribution is 2.18. The maximum atomic E-state index is 5.42. The topological polar surface area (TPSA) is 71.7 Å². The van der Waals surface area contributed by atoms with Gasteiger partial charge in [-0.25, -0.2) is 4.99 Å². The zero-order valence-electron chi connectivity index (χ0n) is 15.6. The van der Waals surface area contributed by atoms with Gasteiger partial charge >= 0.3 is 0 Å². The molecule has 2 rings (SSSR count). The van der Waals surface area contributed by atoms with Crippen molar-refractivity contribution in [3.63, 3.8) is 0 Å². The second-order valence-electron chi connectivity index (χ2n) is 5.60. The molecule has 0 aliphatic carbocycles. The van der Waals surface area contributed by atoms with Crippen LogP contribution in [0.4, 0.5) is 0 Å². The normalized spacial score (nSPS) is 11.4. The smallest absolute Gasteiger partial charge is 0.191 e. The molecule has 6 heteroatoms. The lowest BCUT2D eigenvalue weighted by Crippen LogP contribution is -2.37. The van der Waals surface area contributed by atoms with E-state index < -0.39 is 0 Å². The van der Waals surface area contributed by atoms with Gasteiger partial charge in [-0.1, -0.05) is 37.2 Å². The third-order valence-corrected chi connectivity index (χ3v) is 3.98. The minimum Gasteiger partial charge on any atom is -0.496 e. The second kappa shape index (κ2) is 9.71. The summed E-state index contributed by atoms with van der Waals surface area (Å²) < 4.78 is 10.8. The maximum Gasteiger partial charge on any atom is 0.191 e. The molecule has 0 saturated heterocycles. The van der Waals surface area contributed by atoms with Gasteiger partial charge in [-0.05, 0) is 19.4 Å². The van der Waals surface area contributed by atoms with E-state index in [2.05, 4.69) is 41.6 Å². The SMILES string of the molecule is CCNC(=NCc1ccccc1OC)NCc1c(CC)noc1CC. The Kier molecular flexibility index (Phi) is 7.32. The van der Waals surface area contributed by atoms with E-state index in [1.165, 1.54) is 0 Å². The van der Waals surface area contributed by atoms with E-state index in [9.17, 15) is 0 Å². The molecule has 1 aromatic carbocycles. The largest absolute Gasteiger partial charge is 0.496 e. The molecule has 0 atom stereocenters. The van der Waals surface area contributed by atoms with Crippen molar-refractivity contribution in [2.75, 3.05) is 13.7 Å². The van der Waals surface area contributed by atoms with Gasteiger partial charge in [-0.2, -0.15) is 0 Å². The average molecular weight is 344 g/mol. The van der Waals surface area contributed by atoms with Crippen LogP contribution in [0.3, 0.4) is 0 Å². The quantitative estimate of drug-likeness (QED) is 0.569. The van der Waals surface area contributed by atoms with E-state index in [4.69, 9.17) is 9.26 Å². The Morgan fingerprint density at radius 1 is 1.16 bits per heavy atom. The Bertz CT molecular complexity index is 673. The van der Waals surface area contributed by atoms with Gasteiger partial charge in [0.25, 0.3) is 0 Å². The molecular weight excluding hydrogens is 316 g/mol. The van der Waals surface area contributed by atoms with Gasteiger partial charge in [0.2, 0.25) is 0 Å². The van der Waals surface area contributed by atoms with Crippen molar-refractivity contribution in [3.05, 3.63) is 46.8 Å². The molecule has 0 radical (unpaired) electrons. The van der Waals surface area contributed by atoms with E-state index >= 15 is 0 Å². The second-order valence-corrected chi connectivity index (χ2v) is 5.60. The number of aryl methyl sites for hydroxylation is 2. The lowest BCUT2D eigenvalue weighted by molar-refractivity contribution is 0.380. The number of para-hydroxylation sites is 1. The van der Waals surface area contributed by atoms with E-state index in [0.29, 0.717) is 13.1 Å². The highest BCUT2D eigenvalue weighted by Gasteiger charge is 2.13. The number of guanidine groups is 1. The first-order valence-electron chi connectivity index (χ1n) is 8.83. The summed E-state index contributed by atoms with van der Waals surface area (Å²) in [5, 5.41) is 10.8. The molecule has 2 N–H and O–H groups in total. The predicted octanol–water partition coefficient (Wildman–Crippen LogP) is 3.06. The fraction of sp³-hybridized carbons (Fsp3) is 0.474. The van der Waals surface area contributed by atoms with Gasteiger partial charge in [0.15, 0.2) is 5.96 Å². The van der Waals surface area contributed by atoms with Crippen LogP contribution in [0.25, 0.3) is 0 Å². The Labute approximate surface area is 149 Å². The van der Waals surface area contributed by atoms with Gasteiger partial charge in [-0.3, -0.25) is 0 Å². The third kappa shape index (κ3) is 4.98. The highest BCUT2D eigenvalue weighted by molar-refractivity contribution is 5.79. The summed E-state index contributed by atoms with van der Waals surface area (Å²) in [5.74, 6) is 2.55. The minimum absolute atomic E-state index is 0.546. The van der Waals surface area contributed by atoms with Gasteiger partial charge in [-0.15, -0.1) is 0 Å². The van der Waals surface area contributed by atoms with Crippen molar-refractivity contribution in [1.29, 1.82) is 0 Å². The number of hydrogen-bond acceptors (Lipinski definition) is 4. The molecule has 6 nitrogen and oxygen atoms in total. The Morgan fingerprint density at radius 2 is 1.96 bits per heavy atom. The molecule has 0 aliphatic heterocycles. The van der Waals surface area contributed by atoms with Crippen molar-refractivity contribution in [3.8, 4) is 5.75 Å². The molecule has 0 amide bonds. The molecule has 1 heterocycles. The fourth-order valence-corrected chi connectivity index (χ4v) is 2.65. The number of hydrogen-bond donors (Lipinski definition) is 2. The summed E-state index contributed by atoms with van der Waals surface area (Å²) in [6.45, 7) is 8.20. The van der Waals surface area contributed by atoms with Crippen LogP contribution < -0.4 is 15.4 Å². The highest BCUT2D eigenvalue weighted by atomic mass is 16.5. The zero-order chi connectivity index (χ0) is 18.1. The Morgan fingerprint density at radius 3 is 2.64 bits per heavy atom. The van der Waals surface area contributed by atoms with Gasteiger partial charge in [0.05, 0.1) is 19.3 Å². The molecule has 0 bridgehead atoms. The van der Waals surface area contributed by atoms with Gasteiger partial charge in [0, 0.05) is 30.6 Å². The number of aromatic nitrogens is 1. The molecule has 1 aromatic heterocycles. The lowest BCUT2D eigenvalue weighted by atomic mass is 10.1. The third-order valence-electron chi connectivity index (χ3n) is 3.98. The van der Waals surface area contributed by atoms with Crippen LogP contribution >= 0.6 is 0 Å². The molecule has 0 saturated carbocycles. The van der Waals surface area contributed by atoms with Crippen LogP contribution in [0, 0.1) is 0 Å². The van der Waals surface area contributed by atoms with Crippen LogP contribution in [0.1, 0.15) is 43.4 Å². The molecule has 136 valence electrons. The summed E-state index contributed by atoms with van der Waals surface area (Å²) in [5.41, 5.74) is 3.19. The maximum absolute atomic E-state index is 5.42. The first-order valence-corrected chi connectivity index (χ1v) is 8.83. The number of benzene rings is 1. The summed E-state index contributed by atoms with van der Waals surface area (Å²) in [7, 11) is 1.68. The van der Waals surface area contributed by atoms with Crippen molar-refractivity contribution in [2.24, 2.45) is 4.99 Å². The number of rotatable bonds is 8. The number of aliphatic imine (C=N–C) groups is 1. The van der Waals surface area contributed by atoms with E-state index in [0.717, 1.165) is 53.7 Å². The van der Waals surface area contributed by atoms with E-state index in [1.807, 2.05) is 24.3 Å². The van der Waals surface area contributed by atoms with Crippen molar-refractivity contribution >= 4 is 5.96 Å². The first kappa shape index (κ1) is 18.8. The number of methoxy groups -OCH3 is 1. The molecule has 0 aliphatic rings. The molecule has 0 fully saturated rings. The number of nitrogens with one attached hydrogen (secondary N) is 2. The first-order chi connectivity index (χ1) is 12.2. The van der Waals surface area contributed by atoms with Crippen LogP contribution in [-0.2, 0) is 25.9 Å². The summed E-state index contributed by atoms with van der Waals surface area (Å²) >= 11 is 0. The van der Waals surface area contributed by atoms with Crippen LogP contribution in [-0.4, -0.2) is 24.8 Å². The molecule has 25 heavy (non-hydrogen) atoms. The zero-order valence-corrected chi connectivity index (χ0v) is 15.6. The van der Waals surface area contributed by atoms with Crippen LogP contribution in [0.15, 0.2) is 33.8 Å². The van der Waals surface area contributed by atoms with E-state index in [-0.39, 0.29) is 0 Å². The van der Waals surface area contributed by atoms with Crippen molar-refractivity contribution < 1.29 is 9.26 Å². The minimum atomic E-state index is 0.546. The van der Waals surface area contributed by atoms with Gasteiger partial charge in [0.1, 0.15) is 11.5 Å². The monoisotopic (exact) mass is 344 g/mol. The van der Waals surface area contributed by atoms with E-state index in [1.54, 1.807) is 7.11 Å². The standard InChI is InChI=1S/C19H28N4O2/c1-5-16-15(17(6-2)25-23-16)13-22-19(20-7-3)21-12-14-10-8-9-11-18(14)24-4/h8-11H,5-7,12-13H2,1-4H3,(H2,20,21,22). The Balaban J connectivity index is 2.09. The van der Waals surface area contributed by atoms with Crippen LogP contribution in [0.2, 0.25) is 0 Å². The summed E-state index contributed by atoms with van der Waals surface area (Å²) in [4.78, 5) is 4.67. The molecule has 2 aromatic rings. The van der Waals surface area contributed by atoms with Crippen LogP contribution in [0.5, 0.6) is 5.75 Å². The van der Waals surface area contributed by atoms with Gasteiger partial charge < -0.3 is 19.9 Å². The summed E-state index contributed by atoms with van der Waals surface area (Å²) in [6, 6.07) is 7.92. The predicted molar refractivity (Wildman–Crippen MR) is 99.9 cm³/mol. The number of nitrogens with zero attached hydrogens (tertiary/aromatic N) is 2. The molecule has 0 spiro atoms. The van der Waals surface area contributed by atoms with Crippen molar-refractivity contribution in [1.82, 2.24) is 15.8 Å². The number of ether oxygens (including phenoxy) is 1. The lowest BCUT2D eigenvalue weighted by Gasteiger charge is -2.12. The molecule has 0 unspecified atom stereocenters. The Hall–Kier alpha value is -2.50. The van der Waals surface area contributed by atoms with Crippen molar-refractivity contribution in [2.45, 2.75) is 46.7 Å². The molecular formula is C19H28N4O2. The summed E-state index contributed by atoms with van der Waals surface area (Å²) in [6.07, 6.45) is 1.69. The average Bonchev–Trinajstić information content (AvgIpc) is 3.06.